The van der Waals surface area contributed by atoms with Crippen LogP contribution in [0.5, 0.6) is 0 Å². The Kier molecular flexibility index (Phi) is 6.29. The molecule has 6 heteroatoms. The van der Waals surface area contributed by atoms with Crippen molar-refractivity contribution in [2.75, 3.05) is 7.11 Å². The van der Waals surface area contributed by atoms with Gasteiger partial charge in [0, 0.05) is 5.56 Å². The van der Waals surface area contributed by atoms with Crippen LogP contribution in [0.3, 0.4) is 0 Å². The Hall–Kier alpha value is -2.96. The van der Waals surface area contributed by atoms with Crippen molar-refractivity contribution in [2.45, 2.75) is 57.0 Å². The standard InChI is InChI=1S/C27H30N2O4/c1-32-27(31)20-6-4-5-18(13-20)16-33-21-11-9-19(10-12-21)26(30)14-24-22-7-2-3-8-23(22)25-15-28-17-29(24)25/h2-8,13,15,17,19,21,24,26,30H,9-12,14,16H2,1H3. The van der Waals surface area contributed by atoms with Crippen molar-refractivity contribution in [3.63, 3.8) is 0 Å². The van der Waals surface area contributed by atoms with E-state index in [1.54, 1.807) is 6.07 Å². The molecular formula is C27H30N2O4. The molecule has 0 saturated heterocycles. The molecule has 2 unspecified atom stereocenters. The lowest BCUT2D eigenvalue weighted by molar-refractivity contribution is -0.0160. The number of carbonyl (C=O) groups excluding carboxylic acids is 1. The smallest absolute Gasteiger partial charge is 0.337 e. The highest BCUT2D eigenvalue weighted by Crippen LogP contribution is 2.42. The Morgan fingerprint density at radius 1 is 1.15 bits per heavy atom. The number of aromatic nitrogens is 2. The topological polar surface area (TPSA) is 73.6 Å². The number of imidazole rings is 1. The molecule has 0 bridgehead atoms. The summed E-state index contributed by atoms with van der Waals surface area (Å²) in [5, 5.41) is 11.1. The maximum Gasteiger partial charge on any atom is 0.337 e. The number of methoxy groups -OCH3 is 1. The van der Waals surface area contributed by atoms with Crippen LogP contribution < -0.4 is 0 Å². The van der Waals surface area contributed by atoms with Crippen LogP contribution in [0.1, 0.15) is 59.6 Å². The fraction of sp³-hybridized carbons (Fsp3) is 0.407. The van der Waals surface area contributed by atoms with Gasteiger partial charge >= 0.3 is 5.97 Å². The molecule has 5 rings (SSSR count). The Bertz CT molecular complexity index is 1120. The number of ether oxygens (including phenoxy) is 2. The first-order chi connectivity index (χ1) is 16.1. The molecule has 1 N–H and O–H groups in total. The third-order valence-electron chi connectivity index (χ3n) is 7.16. The van der Waals surface area contributed by atoms with Crippen LogP contribution in [0.4, 0.5) is 0 Å². The van der Waals surface area contributed by atoms with Gasteiger partial charge in [-0.2, -0.15) is 0 Å². The lowest BCUT2D eigenvalue weighted by Crippen LogP contribution is -2.30. The van der Waals surface area contributed by atoms with Crippen molar-refractivity contribution in [2.24, 2.45) is 5.92 Å². The number of fused-ring (bicyclic) bond motifs is 3. The second kappa shape index (κ2) is 9.49. The van der Waals surface area contributed by atoms with Crippen LogP contribution in [0.2, 0.25) is 0 Å². The van der Waals surface area contributed by atoms with E-state index in [2.05, 4.69) is 33.8 Å². The van der Waals surface area contributed by atoms with Crippen LogP contribution in [0, 0.1) is 5.92 Å². The van der Waals surface area contributed by atoms with E-state index in [0.29, 0.717) is 18.6 Å². The molecule has 0 spiro atoms. The minimum absolute atomic E-state index is 0.143. The molecule has 1 aromatic heterocycles. The molecule has 2 aliphatic rings. The maximum atomic E-state index is 11.7. The van der Waals surface area contributed by atoms with Crippen molar-refractivity contribution in [3.05, 3.63) is 77.7 Å². The maximum absolute atomic E-state index is 11.7. The van der Waals surface area contributed by atoms with Crippen LogP contribution in [0.25, 0.3) is 11.3 Å². The Morgan fingerprint density at radius 3 is 2.79 bits per heavy atom. The van der Waals surface area contributed by atoms with Crippen LogP contribution in [-0.2, 0) is 16.1 Å². The lowest BCUT2D eigenvalue weighted by Gasteiger charge is -2.32. The molecule has 2 aromatic carbocycles. The molecule has 3 aromatic rings. The number of benzene rings is 2. The van der Waals surface area contributed by atoms with Gasteiger partial charge in [0.1, 0.15) is 0 Å². The quantitative estimate of drug-likeness (QED) is 0.530. The molecule has 1 fully saturated rings. The third kappa shape index (κ3) is 4.45. The molecular weight excluding hydrogens is 416 g/mol. The highest BCUT2D eigenvalue weighted by atomic mass is 16.5. The molecule has 33 heavy (non-hydrogen) atoms. The van der Waals surface area contributed by atoms with Gasteiger partial charge in [-0.1, -0.05) is 36.4 Å². The Balaban J connectivity index is 1.14. The minimum Gasteiger partial charge on any atom is -0.465 e. The van der Waals surface area contributed by atoms with Crippen molar-refractivity contribution in [1.29, 1.82) is 0 Å². The second-order valence-electron chi connectivity index (χ2n) is 9.13. The Morgan fingerprint density at radius 2 is 1.97 bits per heavy atom. The van der Waals surface area contributed by atoms with E-state index in [1.807, 2.05) is 30.7 Å². The van der Waals surface area contributed by atoms with E-state index in [-0.39, 0.29) is 30.1 Å². The van der Waals surface area contributed by atoms with Crippen LogP contribution >= 0.6 is 0 Å². The summed E-state index contributed by atoms with van der Waals surface area (Å²) >= 11 is 0. The van der Waals surface area contributed by atoms with Gasteiger partial charge in [-0.3, -0.25) is 0 Å². The lowest BCUT2D eigenvalue weighted by atomic mass is 9.81. The molecule has 2 heterocycles. The van der Waals surface area contributed by atoms with E-state index < -0.39 is 0 Å². The number of rotatable bonds is 7. The Labute approximate surface area is 194 Å². The summed E-state index contributed by atoms with van der Waals surface area (Å²) in [4.78, 5) is 16.1. The summed E-state index contributed by atoms with van der Waals surface area (Å²) in [7, 11) is 1.39. The van der Waals surface area contributed by atoms with Gasteiger partial charge in [-0.05, 0) is 61.3 Å². The van der Waals surface area contributed by atoms with E-state index in [4.69, 9.17) is 9.47 Å². The monoisotopic (exact) mass is 446 g/mol. The first-order valence-electron chi connectivity index (χ1n) is 11.7. The summed E-state index contributed by atoms with van der Waals surface area (Å²) < 4.78 is 13.1. The van der Waals surface area contributed by atoms with Gasteiger partial charge < -0.3 is 19.1 Å². The number of aliphatic hydroxyl groups is 1. The summed E-state index contributed by atoms with van der Waals surface area (Å²) in [5.41, 5.74) is 5.15. The molecule has 172 valence electrons. The number of hydrogen-bond donors (Lipinski definition) is 1. The summed E-state index contributed by atoms with van der Waals surface area (Å²) in [6.07, 6.45) is 8.12. The molecule has 0 radical (unpaired) electrons. The average molecular weight is 447 g/mol. The number of aliphatic hydroxyl groups excluding tert-OH is 1. The van der Waals surface area contributed by atoms with Crippen molar-refractivity contribution < 1.29 is 19.4 Å². The average Bonchev–Trinajstić information content (AvgIpc) is 3.45. The number of hydrogen-bond acceptors (Lipinski definition) is 5. The molecule has 1 aliphatic heterocycles. The first-order valence-corrected chi connectivity index (χ1v) is 11.7. The summed E-state index contributed by atoms with van der Waals surface area (Å²) in [6, 6.07) is 16.0. The van der Waals surface area contributed by atoms with Gasteiger partial charge in [0.15, 0.2) is 0 Å². The SMILES string of the molecule is COC(=O)c1cccc(COC2CCC(C(O)CC3c4ccccc4-c4cncn43)CC2)c1. The van der Waals surface area contributed by atoms with Gasteiger partial charge in [-0.25, -0.2) is 9.78 Å². The molecule has 6 nitrogen and oxygen atoms in total. The zero-order chi connectivity index (χ0) is 22.8. The van der Waals surface area contributed by atoms with Gasteiger partial charge in [0.25, 0.3) is 0 Å². The molecule has 2 atom stereocenters. The fourth-order valence-corrected chi connectivity index (χ4v) is 5.35. The predicted molar refractivity (Wildman–Crippen MR) is 125 cm³/mol. The number of carbonyl (C=O) groups is 1. The van der Waals surface area contributed by atoms with Crippen LogP contribution in [-0.4, -0.2) is 39.9 Å². The van der Waals surface area contributed by atoms with Crippen molar-refractivity contribution in [3.8, 4) is 11.3 Å². The van der Waals surface area contributed by atoms with Gasteiger partial charge in [0.05, 0.1) is 55.7 Å². The summed E-state index contributed by atoms with van der Waals surface area (Å²) in [6.45, 7) is 0.477. The summed E-state index contributed by atoms with van der Waals surface area (Å²) in [5.74, 6) is -0.0497. The highest BCUT2D eigenvalue weighted by molar-refractivity contribution is 5.89. The van der Waals surface area contributed by atoms with E-state index in [0.717, 1.165) is 36.9 Å². The number of esters is 1. The first kappa shape index (κ1) is 21.9. The van der Waals surface area contributed by atoms with Crippen LogP contribution in [0.15, 0.2) is 61.1 Å². The van der Waals surface area contributed by atoms with Crippen molar-refractivity contribution >= 4 is 5.97 Å². The normalized spacial score (nSPS) is 22.4. The third-order valence-corrected chi connectivity index (χ3v) is 7.16. The van der Waals surface area contributed by atoms with E-state index >= 15 is 0 Å². The van der Waals surface area contributed by atoms with E-state index in [9.17, 15) is 9.90 Å². The zero-order valence-corrected chi connectivity index (χ0v) is 18.9. The predicted octanol–water partition coefficient (Wildman–Crippen LogP) is 4.77. The molecule has 1 aliphatic carbocycles. The fourth-order valence-electron chi connectivity index (χ4n) is 5.35. The molecule has 0 amide bonds. The van der Waals surface area contributed by atoms with Crippen molar-refractivity contribution in [1.82, 2.24) is 9.55 Å². The largest absolute Gasteiger partial charge is 0.465 e. The molecule has 1 saturated carbocycles. The van der Waals surface area contributed by atoms with Gasteiger partial charge in [0.2, 0.25) is 0 Å². The van der Waals surface area contributed by atoms with E-state index in [1.165, 1.54) is 18.2 Å². The number of nitrogens with zero attached hydrogens (tertiary/aromatic N) is 2. The second-order valence-corrected chi connectivity index (χ2v) is 9.13. The highest BCUT2D eigenvalue weighted by Gasteiger charge is 2.33. The zero-order valence-electron chi connectivity index (χ0n) is 18.9. The minimum atomic E-state index is -0.353. The van der Waals surface area contributed by atoms with Gasteiger partial charge in [-0.15, -0.1) is 0 Å².